The number of anilines is 2. The zero-order chi connectivity index (χ0) is 17.0. The van der Waals surface area contributed by atoms with Crippen LogP contribution in [0.3, 0.4) is 0 Å². The quantitative estimate of drug-likeness (QED) is 0.838. The van der Waals surface area contributed by atoms with E-state index in [1.807, 2.05) is 25.2 Å². The van der Waals surface area contributed by atoms with Gasteiger partial charge in [-0.05, 0) is 30.5 Å². The average molecular weight is 347 g/mol. The summed E-state index contributed by atoms with van der Waals surface area (Å²) in [7, 11) is -0.923. The van der Waals surface area contributed by atoms with Crippen molar-refractivity contribution in [3.05, 3.63) is 42.5 Å². The molecule has 0 aromatic carbocycles. The molecule has 7 nitrogen and oxygen atoms in total. The molecule has 2 aromatic heterocycles. The number of sulfone groups is 1. The Morgan fingerprint density at radius 1 is 1.29 bits per heavy atom. The molecule has 1 atom stereocenters. The molecule has 0 radical (unpaired) electrons. The van der Waals surface area contributed by atoms with E-state index < -0.39 is 9.84 Å². The van der Waals surface area contributed by atoms with E-state index in [0.29, 0.717) is 12.2 Å². The SMILES string of the molecule is CN(CCc1ccncc1)c1cc(NC2CCS(=O)(=O)C2)ncn1. The molecule has 8 heteroatoms. The van der Waals surface area contributed by atoms with Crippen LogP contribution in [0.15, 0.2) is 36.9 Å². The first-order valence-electron chi connectivity index (χ1n) is 7.91. The minimum Gasteiger partial charge on any atom is -0.366 e. The number of hydrogen-bond donors (Lipinski definition) is 1. The van der Waals surface area contributed by atoms with E-state index in [0.717, 1.165) is 18.8 Å². The van der Waals surface area contributed by atoms with Crippen LogP contribution >= 0.6 is 0 Å². The van der Waals surface area contributed by atoms with Crippen molar-refractivity contribution in [2.45, 2.75) is 18.9 Å². The van der Waals surface area contributed by atoms with E-state index in [1.165, 1.54) is 11.9 Å². The summed E-state index contributed by atoms with van der Waals surface area (Å²) in [4.78, 5) is 14.6. The molecule has 1 saturated heterocycles. The third-order valence-corrected chi connectivity index (χ3v) is 5.88. The Balaban J connectivity index is 1.60. The minimum atomic E-state index is -2.90. The van der Waals surface area contributed by atoms with E-state index in [9.17, 15) is 8.42 Å². The van der Waals surface area contributed by atoms with E-state index in [1.54, 1.807) is 12.4 Å². The summed E-state index contributed by atoms with van der Waals surface area (Å²) in [6.07, 6.45) is 6.60. The lowest BCUT2D eigenvalue weighted by molar-refractivity contribution is 0.602. The van der Waals surface area contributed by atoms with Crippen molar-refractivity contribution in [3.63, 3.8) is 0 Å². The van der Waals surface area contributed by atoms with Crippen LogP contribution in [0, 0.1) is 0 Å². The summed E-state index contributed by atoms with van der Waals surface area (Å²) in [6, 6.07) is 5.79. The smallest absolute Gasteiger partial charge is 0.152 e. The van der Waals surface area contributed by atoms with Crippen LogP contribution in [0.25, 0.3) is 0 Å². The zero-order valence-corrected chi connectivity index (χ0v) is 14.4. The molecule has 1 unspecified atom stereocenters. The number of pyridine rings is 1. The highest BCUT2D eigenvalue weighted by Crippen LogP contribution is 2.18. The number of nitrogens with one attached hydrogen (secondary N) is 1. The van der Waals surface area contributed by atoms with Gasteiger partial charge in [0.2, 0.25) is 0 Å². The Kier molecular flexibility index (Phi) is 4.94. The fourth-order valence-electron chi connectivity index (χ4n) is 2.71. The summed E-state index contributed by atoms with van der Waals surface area (Å²) >= 11 is 0. The van der Waals surface area contributed by atoms with Gasteiger partial charge in [-0.2, -0.15) is 0 Å². The summed E-state index contributed by atoms with van der Waals surface area (Å²) < 4.78 is 23.1. The maximum atomic E-state index is 11.5. The third kappa shape index (κ3) is 4.41. The highest BCUT2D eigenvalue weighted by molar-refractivity contribution is 7.91. The van der Waals surface area contributed by atoms with Gasteiger partial charge in [0.25, 0.3) is 0 Å². The van der Waals surface area contributed by atoms with Crippen molar-refractivity contribution in [3.8, 4) is 0 Å². The van der Waals surface area contributed by atoms with Crippen molar-refractivity contribution in [2.75, 3.05) is 35.3 Å². The third-order valence-electron chi connectivity index (χ3n) is 4.11. The minimum absolute atomic E-state index is 0.0696. The van der Waals surface area contributed by atoms with E-state index in [4.69, 9.17) is 0 Å². The number of rotatable bonds is 6. The number of aromatic nitrogens is 3. The lowest BCUT2D eigenvalue weighted by Gasteiger charge is -2.19. The van der Waals surface area contributed by atoms with E-state index in [-0.39, 0.29) is 17.5 Å². The molecule has 1 aliphatic rings. The van der Waals surface area contributed by atoms with Crippen molar-refractivity contribution < 1.29 is 8.42 Å². The maximum Gasteiger partial charge on any atom is 0.152 e. The average Bonchev–Trinajstić information content (AvgIpc) is 2.92. The molecular formula is C16H21N5O2S. The molecule has 0 spiro atoms. The summed E-state index contributed by atoms with van der Waals surface area (Å²) in [5.74, 6) is 1.89. The van der Waals surface area contributed by atoms with Gasteiger partial charge >= 0.3 is 0 Å². The van der Waals surface area contributed by atoms with E-state index in [2.05, 4.69) is 25.2 Å². The number of likely N-dealkylation sites (N-methyl/N-ethyl adjacent to an activating group) is 1. The first-order chi connectivity index (χ1) is 11.5. The molecular weight excluding hydrogens is 326 g/mol. The second-order valence-electron chi connectivity index (χ2n) is 6.03. The highest BCUT2D eigenvalue weighted by Gasteiger charge is 2.27. The van der Waals surface area contributed by atoms with Gasteiger partial charge in [-0.15, -0.1) is 0 Å². The molecule has 0 saturated carbocycles. The Labute approximate surface area is 142 Å². The lowest BCUT2D eigenvalue weighted by Crippen LogP contribution is -2.23. The molecule has 1 aliphatic heterocycles. The van der Waals surface area contributed by atoms with Crippen molar-refractivity contribution >= 4 is 21.5 Å². The zero-order valence-electron chi connectivity index (χ0n) is 13.6. The first-order valence-corrected chi connectivity index (χ1v) is 9.73. The van der Waals surface area contributed by atoms with E-state index >= 15 is 0 Å². The largest absolute Gasteiger partial charge is 0.366 e. The topological polar surface area (TPSA) is 88.1 Å². The molecule has 0 bridgehead atoms. The van der Waals surface area contributed by atoms with Gasteiger partial charge in [0.05, 0.1) is 11.5 Å². The Morgan fingerprint density at radius 2 is 2.08 bits per heavy atom. The van der Waals surface area contributed by atoms with Gasteiger partial charge in [-0.3, -0.25) is 4.98 Å². The summed E-state index contributed by atoms with van der Waals surface area (Å²) in [6.45, 7) is 0.818. The second kappa shape index (κ2) is 7.12. The molecule has 3 rings (SSSR count). The van der Waals surface area contributed by atoms with Crippen molar-refractivity contribution in [1.29, 1.82) is 0 Å². The summed E-state index contributed by atoms with van der Waals surface area (Å²) in [5.41, 5.74) is 1.22. The van der Waals surface area contributed by atoms with Gasteiger partial charge in [0.1, 0.15) is 18.0 Å². The molecule has 128 valence electrons. The standard InChI is InChI=1S/C16H21N5O2S/c1-21(8-4-13-2-6-17-7-3-13)16-10-15(18-12-19-16)20-14-5-9-24(22,23)11-14/h2-3,6-7,10,12,14H,4-5,8-9,11H2,1H3,(H,18,19,20). The fourth-order valence-corrected chi connectivity index (χ4v) is 4.39. The highest BCUT2D eigenvalue weighted by atomic mass is 32.2. The van der Waals surface area contributed by atoms with Gasteiger partial charge in [-0.1, -0.05) is 0 Å². The van der Waals surface area contributed by atoms with Gasteiger partial charge < -0.3 is 10.2 Å². The summed E-state index contributed by atoms with van der Waals surface area (Å²) in [5, 5.41) is 3.20. The molecule has 0 amide bonds. The first kappa shape index (κ1) is 16.6. The monoisotopic (exact) mass is 347 g/mol. The van der Waals surface area contributed by atoms with Crippen LogP contribution in [0.5, 0.6) is 0 Å². The maximum absolute atomic E-state index is 11.5. The fraction of sp³-hybridized carbons (Fsp3) is 0.438. The van der Waals surface area contributed by atoms with Gasteiger partial charge in [-0.25, -0.2) is 18.4 Å². The number of hydrogen-bond acceptors (Lipinski definition) is 7. The van der Waals surface area contributed by atoms with Crippen LogP contribution < -0.4 is 10.2 Å². The number of nitrogens with zero attached hydrogens (tertiary/aromatic N) is 4. The second-order valence-corrected chi connectivity index (χ2v) is 8.26. The Morgan fingerprint density at radius 3 is 2.79 bits per heavy atom. The molecule has 1 N–H and O–H groups in total. The molecule has 2 aromatic rings. The molecule has 3 heterocycles. The molecule has 24 heavy (non-hydrogen) atoms. The normalized spacial score (nSPS) is 19.1. The van der Waals surface area contributed by atoms with Gasteiger partial charge in [0, 0.05) is 38.1 Å². The van der Waals surface area contributed by atoms with Crippen LogP contribution in [0.1, 0.15) is 12.0 Å². The predicted molar refractivity (Wildman–Crippen MR) is 93.9 cm³/mol. The Hall–Kier alpha value is -2.22. The van der Waals surface area contributed by atoms with Crippen molar-refractivity contribution in [2.24, 2.45) is 0 Å². The van der Waals surface area contributed by atoms with Gasteiger partial charge in [0.15, 0.2) is 9.84 Å². The predicted octanol–water partition coefficient (Wildman–Crippen LogP) is 1.15. The lowest BCUT2D eigenvalue weighted by atomic mass is 10.2. The Bertz CT molecular complexity index is 782. The van der Waals surface area contributed by atoms with Crippen LogP contribution in [0.4, 0.5) is 11.6 Å². The van der Waals surface area contributed by atoms with Crippen LogP contribution in [0.2, 0.25) is 0 Å². The molecule has 0 aliphatic carbocycles. The van der Waals surface area contributed by atoms with Crippen LogP contribution in [-0.4, -0.2) is 54.5 Å². The van der Waals surface area contributed by atoms with Crippen LogP contribution in [-0.2, 0) is 16.3 Å². The van der Waals surface area contributed by atoms with Crippen molar-refractivity contribution in [1.82, 2.24) is 15.0 Å². The molecule has 1 fully saturated rings.